The number of carbonyl (C=O) groups is 1. The Balaban J connectivity index is 2.69. The van der Waals surface area contributed by atoms with Crippen LogP contribution in [0, 0.1) is 0 Å². The number of hydrogen-bond acceptors (Lipinski definition) is 5. The molecule has 0 atom stereocenters. The Morgan fingerprint density at radius 1 is 1.11 bits per heavy atom. The lowest BCUT2D eigenvalue weighted by molar-refractivity contribution is 0.0547. The highest BCUT2D eigenvalue weighted by atomic mass is 28.4. The van der Waals surface area contributed by atoms with Gasteiger partial charge >= 0.3 is 13.2 Å². The van der Waals surface area contributed by atoms with E-state index in [-0.39, 0.29) is 10.6 Å². The average Bonchev–Trinajstić information content (AvgIpc) is 2.84. The number of ether oxygens (including phenoxy) is 1. The highest BCUT2D eigenvalue weighted by Crippen LogP contribution is 2.39. The van der Waals surface area contributed by atoms with Gasteiger partial charge in [-0.25, -0.2) is 9.36 Å². The van der Waals surface area contributed by atoms with Crippen molar-refractivity contribution in [2.24, 2.45) is 0 Å². The van der Waals surface area contributed by atoms with E-state index in [4.69, 9.17) is 9.16 Å². The summed E-state index contributed by atoms with van der Waals surface area (Å²) in [5, 5.41) is 20.3. The Hall–Kier alpha value is -1.77. The normalized spacial score (nSPS) is 13.0. The molecule has 2 aromatic rings. The summed E-state index contributed by atoms with van der Waals surface area (Å²) in [5.41, 5.74) is -0.189. The summed E-state index contributed by atoms with van der Waals surface area (Å²) in [7, 11) is -3.99. The molecule has 0 saturated heterocycles. The first-order chi connectivity index (χ1) is 12.1. The Morgan fingerprint density at radius 3 is 2.19 bits per heavy atom. The minimum Gasteiger partial charge on any atom is -0.542 e. The van der Waals surface area contributed by atoms with Gasteiger partial charge in [0.25, 0.3) is 8.32 Å². The van der Waals surface area contributed by atoms with Crippen molar-refractivity contribution in [3.8, 4) is 5.75 Å². The standard InChI is InChI=1S/C19H30BNO5Si/c1-18(2,3)25-17(22)21-15(20(23)24)12-13-10-9-11-14(16(13)21)26-27(7,8)19(4,5)6/h9-12,23-24H,1-8H3. The fourth-order valence-electron chi connectivity index (χ4n) is 2.45. The lowest BCUT2D eigenvalue weighted by Gasteiger charge is -2.36. The first-order valence-corrected chi connectivity index (χ1v) is 12.0. The van der Waals surface area contributed by atoms with Crippen LogP contribution in [0.4, 0.5) is 4.79 Å². The molecule has 6 nitrogen and oxygen atoms in total. The molecule has 8 heteroatoms. The van der Waals surface area contributed by atoms with Crippen molar-refractivity contribution in [3.05, 3.63) is 24.3 Å². The Morgan fingerprint density at radius 2 is 1.70 bits per heavy atom. The summed E-state index contributed by atoms with van der Waals surface area (Å²) in [4.78, 5) is 12.8. The zero-order valence-electron chi connectivity index (χ0n) is 17.5. The highest BCUT2D eigenvalue weighted by Gasteiger charge is 2.40. The van der Waals surface area contributed by atoms with Gasteiger partial charge in [0.05, 0.1) is 11.1 Å². The molecule has 0 aliphatic rings. The average molecular weight is 391 g/mol. The molecule has 0 unspecified atom stereocenters. The number of rotatable bonds is 3. The summed E-state index contributed by atoms with van der Waals surface area (Å²) in [6.45, 7) is 15.9. The molecule has 0 aliphatic carbocycles. The number of fused-ring (bicyclic) bond motifs is 1. The molecule has 2 rings (SSSR count). The third-order valence-corrected chi connectivity index (χ3v) is 9.17. The lowest BCUT2D eigenvalue weighted by Crippen LogP contribution is -2.44. The Kier molecular flexibility index (Phi) is 5.58. The molecule has 2 N–H and O–H groups in total. The summed E-state index contributed by atoms with van der Waals surface area (Å²) in [6.07, 6.45) is -0.674. The number of nitrogens with zero attached hydrogens (tertiary/aromatic N) is 1. The first-order valence-electron chi connectivity index (χ1n) is 9.07. The molecule has 0 saturated carbocycles. The van der Waals surface area contributed by atoms with E-state index in [1.165, 1.54) is 4.57 Å². The fourth-order valence-corrected chi connectivity index (χ4v) is 3.47. The van der Waals surface area contributed by atoms with Gasteiger partial charge in [0.2, 0.25) is 0 Å². The number of para-hydroxylation sites is 1. The third-order valence-electron chi connectivity index (χ3n) is 4.83. The number of aromatic nitrogens is 1. The maximum Gasteiger partial charge on any atom is 0.506 e. The molecular formula is C19H30BNO5Si. The third kappa shape index (κ3) is 4.56. The number of carbonyl (C=O) groups excluding carboxylic acids is 1. The minimum atomic E-state index is -2.18. The van der Waals surface area contributed by atoms with Gasteiger partial charge in [-0.1, -0.05) is 32.9 Å². The van der Waals surface area contributed by atoms with Crippen LogP contribution in [0.15, 0.2) is 24.3 Å². The lowest BCUT2D eigenvalue weighted by atomic mass is 9.86. The van der Waals surface area contributed by atoms with E-state index in [2.05, 4.69) is 33.9 Å². The van der Waals surface area contributed by atoms with Crippen LogP contribution in [0.1, 0.15) is 41.5 Å². The predicted octanol–water partition coefficient (Wildman–Crippen LogP) is 3.49. The van der Waals surface area contributed by atoms with Crippen molar-refractivity contribution in [1.29, 1.82) is 0 Å². The van der Waals surface area contributed by atoms with Crippen molar-refractivity contribution >= 4 is 38.0 Å². The van der Waals surface area contributed by atoms with Gasteiger partial charge in [0, 0.05) is 5.39 Å². The molecule has 27 heavy (non-hydrogen) atoms. The number of benzene rings is 1. The number of hydrogen-bond donors (Lipinski definition) is 2. The molecular weight excluding hydrogens is 361 g/mol. The van der Waals surface area contributed by atoms with Crippen molar-refractivity contribution in [2.45, 2.75) is 65.3 Å². The van der Waals surface area contributed by atoms with Crippen molar-refractivity contribution in [1.82, 2.24) is 4.57 Å². The Labute approximate surface area is 162 Å². The van der Waals surface area contributed by atoms with E-state index in [0.717, 1.165) is 0 Å². The van der Waals surface area contributed by atoms with Crippen molar-refractivity contribution < 1.29 is 24.0 Å². The quantitative estimate of drug-likeness (QED) is 0.783. The second-order valence-corrected chi connectivity index (χ2v) is 14.0. The zero-order valence-corrected chi connectivity index (χ0v) is 18.5. The van der Waals surface area contributed by atoms with Gasteiger partial charge < -0.3 is 19.2 Å². The van der Waals surface area contributed by atoms with E-state index in [1.54, 1.807) is 39.0 Å². The molecule has 1 heterocycles. The molecule has 0 bridgehead atoms. The van der Waals surface area contributed by atoms with Crippen LogP contribution in [0.2, 0.25) is 18.1 Å². The van der Waals surface area contributed by atoms with E-state index in [1.807, 2.05) is 6.07 Å². The van der Waals surface area contributed by atoms with Gasteiger partial charge in [-0.3, -0.25) is 0 Å². The summed E-state index contributed by atoms with van der Waals surface area (Å²) in [6, 6.07) is 7.01. The summed E-state index contributed by atoms with van der Waals surface area (Å²) in [5.74, 6) is 0.539. The first kappa shape index (κ1) is 21.5. The van der Waals surface area contributed by atoms with E-state index >= 15 is 0 Å². The second-order valence-electron chi connectivity index (χ2n) is 9.31. The molecule has 0 spiro atoms. The van der Waals surface area contributed by atoms with E-state index in [0.29, 0.717) is 16.7 Å². The van der Waals surface area contributed by atoms with Gasteiger partial charge in [0.1, 0.15) is 11.4 Å². The zero-order chi connectivity index (χ0) is 20.8. The van der Waals surface area contributed by atoms with Gasteiger partial charge in [-0.05, 0) is 51.0 Å². The van der Waals surface area contributed by atoms with E-state index in [9.17, 15) is 14.8 Å². The topological polar surface area (TPSA) is 80.9 Å². The van der Waals surface area contributed by atoms with Crippen molar-refractivity contribution in [3.63, 3.8) is 0 Å². The second kappa shape index (κ2) is 7.00. The van der Waals surface area contributed by atoms with Crippen LogP contribution in [-0.4, -0.2) is 41.7 Å². The van der Waals surface area contributed by atoms with Crippen LogP contribution in [0.25, 0.3) is 10.9 Å². The summed E-state index contributed by atoms with van der Waals surface area (Å²) < 4.78 is 13.1. The summed E-state index contributed by atoms with van der Waals surface area (Å²) >= 11 is 0. The molecule has 1 aromatic carbocycles. The van der Waals surface area contributed by atoms with Crippen molar-refractivity contribution in [2.75, 3.05) is 0 Å². The molecule has 0 amide bonds. The van der Waals surface area contributed by atoms with Crippen LogP contribution in [0.3, 0.4) is 0 Å². The van der Waals surface area contributed by atoms with Crippen LogP contribution in [-0.2, 0) is 4.74 Å². The minimum absolute atomic E-state index is 0.0299. The highest BCUT2D eigenvalue weighted by molar-refractivity contribution is 6.74. The molecule has 0 aliphatic heterocycles. The van der Waals surface area contributed by atoms with Crippen LogP contribution >= 0.6 is 0 Å². The molecule has 0 fully saturated rings. The van der Waals surface area contributed by atoms with Crippen LogP contribution in [0.5, 0.6) is 5.75 Å². The molecule has 0 radical (unpaired) electrons. The predicted molar refractivity (Wildman–Crippen MR) is 111 cm³/mol. The SMILES string of the molecule is CC(C)(C)OC(=O)n1c(B(O)O)cc2cccc(O[Si](C)(C)C(C)(C)C)c21. The van der Waals surface area contributed by atoms with Gasteiger partial charge in [0.15, 0.2) is 0 Å². The molecule has 148 valence electrons. The maximum absolute atomic E-state index is 12.8. The Bertz CT molecular complexity index is 846. The maximum atomic E-state index is 12.8. The van der Waals surface area contributed by atoms with Gasteiger partial charge in [-0.15, -0.1) is 0 Å². The van der Waals surface area contributed by atoms with Crippen LogP contribution < -0.4 is 10.0 Å². The van der Waals surface area contributed by atoms with E-state index < -0.39 is 27.1 Å². The monoisotopic (exact) mass is 391 g/mol. The van der Waals surface area contributed by atoms with Gasteiger partial charge in [-0.2, -0.15) is 0 Å². The largest absolute Gasteiger partial charge is 0.542 e. The molecule has 1 aromatic heterocycles. The fraction of sp³-hybridized carbons (Fsp3) is 0.526. The smallest absolute Gasteiger partial charge is 0.506 e.